The third-order valence-corrected chi connectivity index (χ3v) is 7.82. The molecule has 0 aromatic heterocycles. The quantitative estimate of drug-likeness (QED) is 0.0685. The number of carbonyl (C=O) groups is 2. The van der Waals surface area contributed by atoms with Gasteiger partial charge in [-0.2, -0.15) is 10.2 Å². The maximum absolute atomic E-state index is 12.2. The van der Waals surface area contributed by atoms with Crippen LogP contribution in [0.2, 0.25) is 0 Å². The first-order valence-electron chi connectivity index (χ1n) is 16.8. The number of nitrogens with zero attached hydrogens (tertiary/aromatic N) is 2. The second kappa shape index (κ2) is 24.3. The zero-order chi connectivity index (χ0) is 28.4. The summed E-state index contributed by atoms with van der Waals surface area (Å²) in [6, 6.07) is 0. The van der Waals surface area contributed by atoms with Gasteiger partial charge in [-0.05, 0) is 39.0 Å². The summed E-state index contributed by atoms with van der Waals surface area (Å²) in [5, 5.41) is 8.54. The highest BCUT2D eigenvalue weighted by molar-refractivity contribution is 5.70. The molecule has 0 N–H and O–H groups in total. The van der Waals surface area contributed by atoms with Gasteiger partial charge >= 0.3 is 11.9 Å². The van der Waals surface area contributed by atoms with Gasteiger partial charge in [-0.15, -0.1) is 0 Å². The SMILES string of the molecule is CCCCCCCCCCCCCCCC(=O)OC[C@@H](C)OC(=O)CCCC1(CCCCCCCCC)N=N1. The molecule has 0 saturated heterocycles. The molecule has 0 spiro atoms. The van der Waals surface area contributed by atoms with E-state index in [0.717, 1.165) is 38.5 Å². The number of hydrogen-bond donors (Lipinski definition) is 0. The Morgan fingerprint density at radius 3 is 1.46 bits per heavy atom. The summed E-state index contributed by atoms with van der Waals surface area (Å²) in [6.45, 7) is 6.42. The van der Waals surface area contributed by atoms with Crippen molar-refractivity contribution in [2.75, 3.05) is 6.61 Å². The van der Waals surface area contributed by atoms with Crippen LogP contribution in [-0.2, 0) is 19.1 Å². The van der Waals surface area contributed by atoms with E-state index in [1.165, 1.54) is 109 Å². The van der Waals surface area contributed by atoms with Crippen LogP contribution < -0.4 is 0 Å². The van der Waals surface area contributed by atoms with Crippen molar-refractivity contribution in [2.24, 2.45) is 10.2 Å². The zero-order valence-corrected chi connectivity index (χ0v) is 26.0. The van der Waals surface area contributed by atoms with Crippen LogP contribution in [0.5, 0.6) is 0 Å². The molecule has 0 aromatic rings. The van der Waals surface area contributed by atoms with E-state index in [-0.39, 0.29) is 24.2 Å². The van der Waals surface area contributed by atoms with Crippen LogP contribution in [0.3, 0.4) is 0 Å². The molecule has 0 fully saturated rings. The monoisotopic (exact) mass is 550 g/mol. The fourth-order valence-electron chi connectivity index (χ4n) is 5.16. The molecule has 1 atom stereocenters. The van der Waals surface area contributed by atoms with Gasteiger partial charge in [0.1, 0.15) is 12.7 Å². The molecule has 0 aromatic carbocycles. The second-order valence-corrected chi connectivity index (χ2v) is 11.9. The average Bonchev–Trinajstić information content (AvgIpc) is 3.69. The highest BCUT2D eigenvalue weighted by Gasteiger charge is 2.38. The molecule has 1 aliphatic heterocycles. The Kier molecular flexibility index (Phi) is 22.2. The Balaban J connectivity index is 1.91. The van der Waals surface area contributed by atoms with E-state index < -0.39 is 6.10 Å². The third-order valence-electron chi connectivity index (χ3n) is 7.82. The Bertz CT molecular complexity index is 631. The summed E-state index contributed by atoms with van der Waals surface area (Å²) >= 11 is 0. The minimum absolute atomic E-state index is 0.135. The van der Waals surface area contributed by atoms with Gasteiger partial charge in [0, 0.05) is 12.8 Å². The molecular weight excluding hydrogens is 488 g/mol. The van der Waals surface area contributed by atoms with Crippen LogP contribution in [0.25, 0.3) is 0 Å². The third kappa shape index (κ3) is 22.0. The topological polar surface area (TPSA) is 77.3 Å². The van der Waals surface area contributed by atoms with Crippen LogP contribution in [-0.4, -0.2) is 30.3 Å². The molecule has 0 radical (unpaired) electrons. The molecule has 0 unspecified atom stereocenters. The molecular formula is C33H62N2O4. The lowest BCUT2D eigenvalue weighted by Gasteiger charge is -2.14. The van der Waals surface area contributed by atoms with E-state index in [4.69, 9.17) is 9.47 Å². The van der Waals surface area contributed by atoms with Crippen molar-refractivity contribution in [2.45, 2.75) is 193 Å². The van der Waals surface area contributed by atoms with Crippen LogP contribution in [0.15, 0.2) is 10.2 Å². The van der Waals surface area contributed by atoms with E-state index >= 15 is 0 Å². The Labute approximate surface area is 240 Å². The standard InChI is InChI=1S/C33H62N2O4/c1-4-6-8-10-12-13-14-15-16-17-18-20-22-25-31(36)38-29-30(3)39-32(37)26-24-28-33(34-35-33)27-23-21-19-11-9-7-5-2/h30H,4-29H2,1-3H3/t30-/m1/s1. The number of rotatable bonds is 29. The van der Waals surface area contributed by atoms with Crippen LogP contribution in [0.4, 0.5) is 0 Å². The molecule has 0 bridgehead atoms. The molecule has 1 rings (SSSR count). The van der Waals surface area contributed by atoms with Crippen LogP contribution in [0.1, 0.15) is 181 Å². The van der Waals surface area contributed by atoms with Crippen molar-refractivity contribution in [3.63, 3.8) is 0 Å². The van der Waals surface area contributed by atoms with Crippen LogP contribution in [0, 0.1) is 0 Å². The summed E-state index contributed by atoms with van der Waals surface area (Å²) in [7, 11) is 0. The van der Waals surface area contributed by atoms with Gasteiger partial charge in [0.05, 0.1) is 0 Å². The number of hydrogen-bond acceptors (Lipinski definition) is 6. The lowest BCUT2D eigenvalue weighted by molar-refractivity contribution is -0.158. The normalized spacial score (nSPS) is 14.3. The lowest BCUT2D eigenvalue weighted by atomic mass is 9.98. The summed E-state index contributed by atoms with van der Waals surface area (Å²) in [5.74, 6) is -0.424. The van der Waals surface area contributed by atoms with Gasteiger partial charge in [-0.1, -0.05) is 129 Å². The van der Waals surface area contributed by atoms with Gasteiger partial charge in [0.2, 0.25) is 0 Å². The van der Waals surface area contributed by atoms with Crippen molar-refractivity contribution >= 4 is 11.9 Å². The van der Waals surface area contributed by atoms with Gasteiger partial charge in [-0.3, -0.25) is 9.59 Å². The predicted octanol–water partition coefficient (Wildman–Crippen LogP) is 10.4. The smallest absolute Gasteiger partial charge is 0.306 e. The van der Waals surface area contributed by atoms with E-state index in [9.17, 15) is 9.59 Å². The highest BCUT2D eigenvalue weighted by Crippen LogP contribution is 2.38. The number of carbonyl (C=O) groups excluding carboxylic acids is 2. The Morgan fingerprint density at radius 1 is 0.564 bits per heavy atom. The Hall–Kier alpha value is -1.46. The minimum atomic E-state index is -0.412. The first kappa shape index (κ1) is 35.6. The maximum Gasteiger partial charge on any atom is 0.306 e. The van der Waals surface area contributed by atoms with Crippen molar-refractivity contribution in [1.29, 1.82) is 0 Å². The van der Waals surface area contributed by atoms with Crippen LogP contribution >= 0.6 is 0 Å². The number of ether oxygens (including phenoxy) is 2. The summed E-state index contributed by atoms with van der Waals surface area (Å²) in [6.07, 6.45) is 28.7. The Morgan fingerprint density at radius 2 is 0.974 bits per heavy atom. The van der Waals surface area contributed by atoms with E-state index in [1.807, 2.05) is 0 Å². The fourth-order valence-corrected chi connectivity index (χ4v) is 5.16. The van der Waals surface area contributed by atoms with Crippen molar-refractivity contribution in [3.05, 3.63) is 0 Å². The largest absolute Gasteiger partial charge is 0.462 e. The van der Waals surface area contributed by atoms with E-state index in [1.54, 1.807) is 6.92 Å². The molecule has 1 heterocycles. The highest BCUT2D eigenvalue weighted by atomic mass is 16.6. The minimum Gasteiger partial charge on any atom is -0.462 e. The van der Waals surface area contributed by atoms with Gasteiger partial charge in [-0.25, -0.2) is 0 Å². The second-order valence-electron chi connectivity index (χ2n) is 11.9. The van der Waals surface area contributed by atoms with Crippen molar-refractivity contribution in [1.82, 2.24) is 0 Å². The first-order chi connectivity index (χ1) is 19.0. The lowest BCUT2D eigenvalue weighted by Crippen LogP contribution is -2.22. The maximum atomic E-state index is 12.2. The molecule has 6 nitrogen and oxygen atoms in total. The molecule has 39 heavy (non-hydrogen) atoms. The van der Waals surface area contributed by atoms with Gasteiger partial charge in [0.25, 0.3) is 0 Å². The molecule has 228 valence electrons. The van der Waals surface area contributed by atoms with E-state index in [0.29, 0.717) is 12.8 Å². The van der Waals surface area contributed by atoms with Crippen molar-refractivity contribution in [3.8, 4) is 0 Å². The van der Waals surface area contributed by atoms with Crippen molar-refractivity contribution < 1.29 is 19.1 Å². The number of unbranched alkanes of at least 4 members (excludes halogenated alkanes) is 18. The first-order valence-corrected chi connectivity index (χ1v) is 16.8. The molecule has 0 saturated carbocycles. The molecule has 0 amide bonds. The molecule has 1 aliphatic rings. The predicted molar refractivity (Wildman–Crippen MR) is 161 cm³/mol. The van der Waals surface area contributed by atoms with E-state index in [2.05, 4.69) is 24.1 Å². The van der Waals surface area contributed by atoms with Gasteiger partial charge in [0.15, 0.2) is 5.66 Å². The molecule has 0 aliphatic carbocycles. The number of esters is 2. The summed E-state index contributed by atoms with van der Waals surface area (Å²) in [4.78, 5) is 24.2. The fraction of sp³-hybridized carbons (Fsp3) is 0.939. The zero-order valence-electron chi connectivity index (χ0n) is 26.0. The molecule has 6 heteroatoms. The average molecular weight is 551 g/mol. The summed E-state index contributed by atoms with van der Waals surface area (Å²) in [5.41, 5.74) is -0.224. The summed E-state index contributed by atoms with van der Waals surface area (Å²) < 4.78 is 10.7. The van der Waals surface area contributed by atoms with Gasteiger partial charge < -0.3 is 9.47 Å².